The molecule has 0 fully saturated rings. The van der Waals surface area contributed by atoms with Gasteiger partial charge in [0.2, 0.25) is 0 Å². The Labute approximate surface area is 143 Å². The predicted molar refractivity (Wildman–Crippen MR) is 93.1 cm³/mol. The molecule has 0 spiro atoms. The van der Waals surface area contributed by atoms with E-state index in [1.807, 2.05) is 43.5 Å². The minimum absolute atomic E-state index is 0.0429. The molecule has 1 N–H and O–H groups in total. The molecule has 0 atom stereocenters. The van der Waals surface area contributed by atoms with Crippen LogP contribution in [0.2, 0.25) is 0 Å². The number of fused-ring (bicyclic) bond motifs is 2. The fraction of sp³-hybridized carbons (Fsp3) is 0.167. The van der Waals surface area contributed by atoms with Gasteiger partial charge in [0.1, 0.15) is 11.2 Å². The molecule has 25 heavy (non-hydrogen) atoms. The van der Waals surface area contributed by atoms with Crippen LogP contribution in [-0.4, -0.2) is 37.7 Å². The predicted octanol–water partition coefficient (Wildman–Crippen LogP) is 3.05. The third kappa shape index (κ3) is 2.69. The second kappa shape index (κ2) is 5.94. The van der Waals surface area contributed by atoms with Crippen molar-refractivity contribution in [3.8, 4) is 11.3 Å². The summed E-state index contributed by atoms with van der Waals surface area (Å²) in [5.74, 6) is -0.621. The highest BCUT2D eigenvalue weighted by Gasteiger charge is 2.15. The van der Waals surface area contributed by atoms with E-state index in [9.17, 15) is 4.79 Å². The number of aryl methyl sites for hydroxylation is 1. The van der Waals surface area contributed by atoms with Gasteiger partial charge in [-0.2, -0.15) is 0 Å². The molecule has 124 valence electrons. The van der Waals surface area contributed by atoms with Gasteiger partial charge >= 0.3 is 5.97 Å². The zero-order chi connectivity index (χ0) is 17.4. The summed E-state index contributed by atoms with van der Waals surface area (Å²) >= 11 is 0. The second-order valence-corrected chi connectivity index (χ2v) is 5.65. The molecule has 3 aromatic heterocycles. The van der Waals surface area contributed by atoms with Crippen LogP contribution in [0.15, 0.2) is 36.5 Å². The molecule has 0 aliphatic heterocycles. The summed E-state index contributed by atoms with van der Waals surface area (Å²) in [5.41, 5.74) is 4.56. The fourth-order valence-corrected chi connectivity index (χ4v) is 2.74. The van der Waals surface area contributed by atoms with Crippen LogP contribution in [0, 0.1) is 6.92 Å². The molecule has 0 bridgehead atoms. The lowest BCUT2D eigenvalue weighted by Crippen LogP contribution is -2.11. The van der Waals surface area contributed by atoms with Crippen LogP contribution in [0.3, 0.4) is 0 Å². The van der Waals surface area contributed by atoms with Gasteiger partial charge in [-0.1, -0.05) is 0 Å². The number of rotatable bonds is 3. The molecule has 1 aromatic carbocycles. The number of nitrogens with one attached hydrogen (secondary N) is 1. The zero-order valence-electron chi connectivity index (χ0n) is 13.8. The maximum Gasteiger partial charge on any atom is 0.378 e. The zero-order valence-corrected chi connectivity index (χ0v) is 13.8. The number of esters is 1. The van der Waals surface area contributed by atoms with Crippen molar-refractivity contribution in [2.45, 2.75) is 13.8 Å². The Morgan fingerprint density at radius 3 is 2.88 bits per heavy atom. The Balaban J connectivity index is 1.89. The van der Waals surface area contributed by atoms with Crippen molar-refractivity contribution in [3.63, 3.8) is 0 Å². The topological polar surface area (TPSA) is 93.7 Å². The van der Waals surface area contributed by atoms with E-state index in [2.05, 4.69) is 25.1 Å². The Kier molecular flexibility index (Phi) is 3.61. The van der Waals surface area contributed by atoms with E-state index in [-0.39, 0.29) is 12.4 Å². The average molecular weight is 333 g/mol. The lowest BCUT2D eigenvalue weighted by atomic mass is 10.1. The molecule has 0 aliphatic rings. The van der Waals surface area contributed by atoms with Crippen LogP contribution in [0.4, 0.5) is 0 Å². The van der Waals surface area contributed by atoms with Crippen molar-refractivity contribution in [2.24, 2.45) is 0 Å². The number of nitrogens with zero attached hydrogens (tertiary/aromatic N) is 4. The maximum atomic E-state index is 11.8. The van der Waals surface area contributed by atoms with Gasteiger partial charge in [-0.15, -0.1) is 10.2 Å². The lowest BCUT2D eigenvalue weighted by molar-refractivity contribution is 0.0511. The van der Waals surface area contributed by atoms with Crippen molar-refractivity contribution >= 4 is 28.0 Å². The fourth-order valence-electron chi connectivity index (χ4n) is 2.74. The Hall–Kier alpha value is -3.35. The van der Waals surface area contributed by atoms with Gasteiger partial charge in [-0.05, 0) is 49.7 Å². The Morgan fingerprint density at radius 1 is 1.16 bits per heavy atom. The van der Waals surface area contributed by atoms with E-state index < -0.39 is 5.97 Å². The van der Waals surface area contributed by atoms with Crippen LogP contribution in [-0.2, 0) is 4.74 Å². The first-order valence-corrected chi connectivity index (χ1v) is 7.92. The number of H-pyrrole nitrogens is 1. The summed E-state index contributed by atoms with van der Waals surface area (Å²) in [6.45, 7) is 3.96. The first kappa shape index (κ1) is 15.2. The summed E-state index contributed by atoms with van der Waals surface area (Å²) in [6, 6.07) is 9.75. The number of carbonyl (C=O) groups excluding carboxylic acids is 1. The van der Waals surface area contributed by atoms with Gasteiger partial charge in [0.25, 0.3) is 5.82 Å². The lowest BCUT2D eigenvalue weighted by Gasteiger charge is -2.07. The van der Waals surface area contributed by atoms with Crippen molar-refractivity contribution < 1.29 is 9.53 Å². The molecule has 0 radical (unpaired) electrons. The molecule has 0 unspecified atom stereocenters. The molecule has 7 heteroatoms. The molecule has 0 amide bonds. The van der Waals surface area contributed by atoms with E-state index in [1.54, 1.807) is 6.92 Å². The molecule has 7 nitrogen and oxygen atoms in total. The molecule has 4 rings (SSSR count). The van der Waals surface area contributed by atoms with E-state index in [0.29, 0.717) is 11.0 Å². The summed E-state index contributed by atoms with van der Waals surface area (Å²) < 4.78 is 4.94. The molecule has 0 saturated heterocycles. The molecule has 4 aromatic rings. The quantitative estimate of drug-likeness (QED) is 0.579. The number of carbonyl (C=O) groups is 1. The first-order chi connectivity index (χ1) is 12.2. The van der Waals surface area contributed by atoms with E-state index in [0.717, 1.165) is 27.9 Å². The monoisotopic (exact) mass is 333 g/mol. The first-order valence-electron chi connectivity index (χ1n) is 7.92. The van der Waals surface area contributed by atoms with Crippen LogP contribution >= 0.6 is 0 Å². The van der Waals surface area contributed by atoms with Crippen LogP contribution in [0.1, 0.15) is 23.1 Å². The highest BCUT2D eigenvalue weighted by molar-refractivity contribution is 5.94. The second-order valence-electron chi connectivity index (χ2n) is 5.65. The highest BCUT2D eigenvalue weighted by Crippen LogP contribution is 2.27. The van der Waals surface area contributed by atoms with E-state index in [1.165, 1.54) is 0 Å². The van der Waals surface area contributed by atoms with E-state index in [4.69, 9.17) is 4.74 Å². The molecule has 0 saturated carbocycles. The molecular formula is C18H15N5O2. The highest BCUT2D eigenvalue weighted by atomic mass is 16.5. The maximum absolute atomic E-state index is 11.8. The SMILES string of the molecule is CCOC(=O)c1nnc2c(-c3ccc4cc[nH]c4n3)cc(C)cc2n1. The summed E-state index contributed by atoms with van der Waals surface area (Å²) in [6.07, 6.45) is 1.85. The van der Waals surface area contributed by atoms with E-state index >= 15 is 0 Å². The van der Waals surface area contributed by atoms with Gasteiger partial charge in [0.05, 0.1) is 17.8 Å². The summed E-state index contributed by atoms with van der Waals surface area (Å²) in [7, 11) is 0. The van der Waals surface area contributed by atoms with Crippen molar-refractivity contribution in [3.05, 3.63) is 47.9 Å². The Bertz CT molecular complexity index is 1100. The third-order valence-electron chi connectivity index (χ3n) is 3.85. The number of pyridine rings is 1. The van der Waals surface area contributed by atoms with Gasteiger partial charge in [0.15, 0.2) is 0 Å². The van der Waals surface area contributed by atoms with Crippen molar-refractivity contribution in [1.29, 1.82) is 0 Å². The van der Waals surface area contributed by atoms with Crippen molar-refractivity contribution in [1.82, 2.24) is 25.1 Å². The summed E-state index contributed by atoms with van der Waals surface area (Å²) in [5, 5.41) is 9.17. The smallest absolute Gasteiger partial charge is 0.378 e. The number of ether oxygens (including phenoxy) is 1. The van der Waals surface area contributed by atoms with Crippen LogP contribution < -0.4 is 0 Å². The van der Waals surface area contributed by atoms with Gasteiger partial charge in [0, 0.05) is 17.1 Å². The number of aromatic nitrogens is 5. The number of hydrogen-bond donors (Lipinski definition) is 1. The van der Waals surface area contributed by atoms with Gasteiger partial charge in [-0.3, -0.25) is 0 Å². The number of hydrogen-bond acceptors (Lipinski definition) is 6. The molecule has 3 heterocycles. The van der Waals surface area contributed by atoms with Gasteiger partial charge < -0.3 is 9.72 Å². The minimum Gasteiger partial charge on any atom is -0.460 e. The Morgan fingerprint density at radius 2 is 2.04 bits per heavy atom. The normalized spacial score (nSPS) is 11.1. The number of benzene rings is 1. The number of aromatic amines is 1. The average Bonchev–Trinajstić information content (AvgIpc) is 3.08. The minimum atomic E-state index is -0.578. The molecule has 0 aliphatic carbocycles. The standard InChI is InChI=1S/C18H15N5O2/c1-3-25-18(24)17-21-14-9-10(2)8-12(15(14)22-23-17)13-5-4-11-6-7-19-16(11)20-13/h4-9H,3H2,1-2H3,(H,19,20). The van der Waals surface area contributed by atoms with Gasteiger partial charge in [-0.25, -0.2) is 14.8 Å². The van der Waals surface area contributed by atoms with Crippen molar-refractivity contribution in [2.75, 3.05) is 6.61 Å². The molecular weight excluding hydrogens is 318 g/mol. The largest absolute Gasteiger partial charge is 0.460 e. The third-order valence-corrected chi connectivity index (χ3v) is 3.85. The summed E-state index contributed by atoms with van der Waals surface area (Å²) in [4.78, 5) is 23.9. The van der Waals surface area contributed by atoms with Crippen LogP contribution in [0.25, 0.3) is 33.3 Å². The van der Waals surface area contributed by atoms with Crippen LogP contribution in [0.5, 0.6) is 0 Å².